The third-order valence-electron chi connectivity index (χ3n) is 3.30. The van der Waals surface area contributed by atoms with Crippen molar-refractivity contribution >= 4 is 11.6 Å². The van der Waals surface area contributed by atoms with E-state index in [1.165, 1.54) is 0 Å². The lowest BCUT2D eigenvalue weighted by atomic mass is 10.2. The molecular weight excluding hydrogens is 304 g/mol. The molecule has 0 heterocycles. The van der Waals surface area contributed by atoms with Gasteiger partial charge in [0.05, 0.1) is 19.7 Å². The number of aryl methyl sites for hydroxylation is 1. The third-order valence-corrected chi connectivity index (χ3v) is 3.30. The number of carbonyl (C=O) groups is 1. The zero-order valence-electron chi connectivity index (χ0n) is 14.2. The minimum absolute atomic E-state index is 0.0725. The van der Waals surface area contributed by atoms with Crippen molar-refractivity contribution in [1.29, 1.82) is 0 Å². The molecule has 0 aliphatic heterocycles. The van der Waals surface area contributed by atoms with Gasteiger partial charge in [0.25, 0.3) is 0 Å². The predicted octanol–water partition coefficient (Wildman–Crippen LogP) is 3.00. The molecule has 0 radical (unpaired) electrons. The second-order valence-corrected chi connectivity index (χ2v) is 5.33. The molecule has 2 aromatic rings. The van der Waals surface area contributed by atoms with Crippen LogP contribution in [0.3, 0.4) is 0 Å². The molecule has 0 saturated carbocycles. The highest BCUT2D eigenvalue weighted by molar-refractivity contribution is 5.80. The van der Waals surface area contributed by atoms with E-state index in [1.807, 2.05) is 62.4 Å². The van der Waals surface area contributed by atoms with Crippen LogP contribution < -0.4 is 20.1 Å². The molecule has 0 spiro atoms. The molecule has 5 nitrogen and oxygen atoms in total. The molecule has 0 aliphatic carbocycles. The fraction of sp³-hybridized carbons (Fsp3) is 0.316. The van der Waals surface area contributed by atoms with E-state index in [9.17, 15) is 4.79 Å². The predicted molar refractivity (Wildman–Crippen MR) is 95.8 cm³/mol. The lowest BCUT2D eigenvalue weighted by Crippen LogP contribution is -2.33. The van der Waals surface area contributed by atoms with Crippen molar-refractivity contribution in [2.24, 2.45) is 0 Å². The van der Waals surface area contributed by atoms with E-state index in [0.29, 0.717) is 19.8 Å². The average molecular weight is 328 g/mol. The Morgan fingerprint density at radius 3 is 2.54 bits per heavy atom. The van der Waals surface area contributed by atoms with E-state index < -0.39 is 0 Å². The van der Waals surface area contributed by atoms with Gasteiger partial charge in [-0.1, -0.05) is 12.1 Å². The molecular formula is C19H24N2O3. The van der Waals surface area contributed by atoms with Crippen molar-refractivity contribution < 1.29 is 14.3 Å². The fourth-order valence-electron chi connectivity index (χ4n) is 2.14. The first-order valence-corrected chi connectivity index (χ1v) is 8.10. The summed E-state index contributed by atoms with van der Waals surface area (Å²) in [5.74, 6) is 1.56. The maximum absolute atomic E-state index is 11.8. The molecule has 2 rings (SSSR count). The summed E-state index contributed by atoms with van der Waals surface area (Å²) in [6.45, 7) is 5.73. The Morgan fingerprint density at radius 2 is 1.83 bits per heavy atom. The first-order valence-electron chi connectivity index (χ1n) is 8.10. The summed E-state index contributed by atoms with van der Waals surface area (Å²) in [7, 11) is 0. The van der Waals surface area contributed by atoms with Crippen molar-refractivity contribution in [3.05, 3.63) is 54.1 Å². The van der Waals surface area contributed by atoms with E-state index in [-0.39, 0.29) is 12.5 Å². The number of carbonyl (C=O) groups excluding carboxylic acids is 1. The van der Waals surface area contributed by atoms with Crippen molar-refractivity contribution in [1.82, 2.24) is 5.32 Å². The monoisotopic (exact) mass is 328 g/mol. The topological polar surface area (TPSA) is 59.6 Å². The van der Waals surface area contributed by atoms with Crippen molar-refractivity contribution in [2.45, 2.75) is 13.8 Å². The standard InChI is InChI=1S/C19H24N2O3/c1-3-23-17-9-7-16(8-10-17)21-14-19(22)20-11-12-24-18-6-4-5-15(2)13-18/h4-10,13,21H,3,11-12,14H2,1-2H3,(H,20,22). The van der Waals surface area contributed by atoms with Gasteiger partial charge in [-0.05, 0) is 55.8 Å². The largest absolute Gasteiger partial charge is 0.494 e. The number of hydrogen-bond acceptors (Lipinski definition) is 4. The van der Waals surface area contributed by atoms with Crippen LogP contribution in [0.5, 0.6) is 11.5 Å². The molecule has 0 saturated heterocycles. The molecule has 1 amide bonds. The van der Waals surface area contributed by atoms with Crippen molar-refractivity contribution in [3.63, 3.8) is 0 Å². The van der Waals surface area contributed by atoms with Crippen LogP contribution in [0.15, 0.2) is 48.5 Å². The SMILES string of the molecule is CCOc1ccc(NCC(=O)NCCOc2cccc(C)c2)cc1. The Morgan fingerprint density at radius 1 is 1.04 bits per heavy atom. The molecule has 2 aromatic carbocycles. The van der Waals surface area contributed by atoms with Gasteiger partial charge in [-0.25, -0.2) is 0 Å². The highest BCUT2D eigenvalue weighted by atomic mass is 16.5. The number of benzene rings is 2. The summed E-state index contributed by atoms with van der Waals surface area (Å²) < 4.78 is 11.0. The average Bonchev–Trinajstić information content (AvgIpc) is 2.58. The van der Waals surface area contributed by atoms with E-state index in [4.69, 9.17) is 9.47 Å². The van der Waals surface area contributed by atoms with Gasteiger partial charge >= 0.3 is 0 Å². The van der Waals surface area contributed by atoms with Crippen LogP contribution in [0.1, 0.15) is 12.5 Å². The Bertz CT molecular complexity index is 641. The summed E-state index contributed by atoms with van der Waals surface area (Å²) in [6, 6.07) is 15.4. The highest BCUT2D eigenvalue weighted by Gasteiger charge is 2.01. The molecule has 0 unspecified atom stereocenters. The van der Waals surface area contributed by atoms with Crippen LogP contribution in [0, 0.1) is 6.92 Å². The lowest BCUT2D eigenvalue weighted by Gasteiger charge is -2.10. The number of ether oxygens (including phenoxy) is 2. The minimum atomic E-state index is -0.0725. The Balaban J connectivity index is 1.62. The normalized spacial score (nSPS) is 10.1. The summed E-state index contributed by atoms with van der Waals surface area (Å²) in [5.41, 5.74) is 2.03. The molecule has 0 fully saturated rings. The number of amides is 1. The van der Waals surface area contributed by atoms with Crippen LogP contribution in [0.4, 0.5) is 5.69 Å². The van der Waals surface area contributed by atoms with Crippen molar-refractivity contribution in [2.75, 3.05) is 31.6 Å². The molecule has 0 bridgehead atoms. The molecule has 2 N–H and O–H groups in total. The third kappa shape index (κ3) is 6.20. The molecule has 0 atom stereocenters. The highest BCUT2D eigenvalue weighted by Crippen LogP contribution is 2.15. The number of rotatable bonds is 9. The van der Waals surface area contributed by atoms with Crippen LogP contribution in [-0.4, -0.2) is 32.2 Å². The van der Waals surface area contributed by atoms with E-state index >= 15 is 0 Å². The summed E-state index contributed by atoms with van der Waals surface area (Å²) in [4.78, 5) is 11.8. The fourth-order valence-corrected chi connectivity index (χ4v) is 2.14. The van der Waals surface area contributed by atoms with Gasteiger partial charge in [-0.2, -0.15) is 0 Å². The van der Waals surface area contributed by atoms with Gasteiger partial charge in [-0.15, -0.1) is 0 Å². The summed E-state index contributed by atoms with van der Waals surface area (Å²) >= 11 is 0. The summed E-state index contributed by atoms with van der Waals surface area (Å²) in [6.07, 6.45) is 0. The van der Waals surface area contributed by atoms with Crippen LogP contribution in [0.25, 0.3) is 0 Å². The van der Waals surface area contributed by atoms with Crippen molar-refractivity contribution in [3.8, 4) is 11.5 Å². The first kappa shape index (κ1) is 17.7. The minimum Gasteiger partial charge on any atom is -0.494 e. The Labute approximate surface area is 143 Å². The quantitative estimate of drug-likeness (QED) is 0.695. The maximum Gasteiger partial charge on any atom is 0.239 e. The molecule has 24 heavy (non-hydrogen) atoms. The Hall–Kier alpha value is -2.69. The number of nitrogens with one attached hydrogen (secondary N) is 2. The van der Waals surface area contributed by atoms with Gasteiger partial charge in [0.2, 0.25) is 5.91 Å². The zero-order valence-corrected chi connectivity index (χ0v) is 14.2. The van der Waals surface area contributed by atoms with Gasteiger partial charge in [-0.3, -0.25) is 4.79 Å². The molecule has 5 heteroatoms. The number of anilines is 1. The first-order chi connectivity index (χ1) is 11.7. The summed E-state index contributed by atoms with van der Waals surface area (Å²) in [5, 5.41) is 5.89. The van der Waals surface area contributed by atoms with E-state index in [2.05, 4.69) is 10.6 Å². The molecule has 0 aromatic heterocycles. The lowest BCUT2D eigenvalue weighted by molar-refractivity contribution is -0.119. The maximum atomic E-state index is 11.8. The van der Waals surface area contributed by atoms with Crippen LogP contribution >= 0.6 is 0 Å². The second-order valence-electron chi connectivity index (χ2n) is 5.33. The molecule has 0 aliphatic rings. The van der Waals surface area contributed by atoms with E-state index in [1.54, 1.807) is 0 Å². The zero-order chi connectivity index (χ0) is 17.2. The van der Waals surface area contributed by atoms with E-state index in [0.717, 1.165) is 22.7 Å². The molecule has 128 valence electrons. The van der Waals surface area contributed by atoms with Crippen LogP contribution in [-0.2, 0) is 4.79 Å². The van der Waals surface area contributed by atoms with Gasteiger partial charge < -0.3 is 20.1 Å². The smallest absolute Gasteiger partial charge is 0.239 e. The van der Waals surface area contributed by atoms with Gasteiger partial charge in [0, 0.05) is 5.69 Å². The number of hydrogen-bond donors (Lipinski definition) is 2. The second kappa shape index (κ2) is 9.45. The van der Waals surface area contributed by atoms with Crippen LogP contribution in [0.2, 0.25) is 0 Å². The Kier molecular flexibility index (Phi) is 6.95. The van der Waals surface area contributed by atoms with Gasteiger partial charge in [0.15, 0.2) is 0 Å². The van der Waals surface area contributed by atoms with Gasteiger partial charge in [0.1, 0.15) is 18.1 Å².